The Labute approximate surface area is 169 Å². The Morgan fingerprint density at radius 1 is 1.10 bits per heavy atom. The number of fused-ring (bicyclic) bond motifs is 1. The predicted octanol–water partition coefficient (Wildman–Crippen LogP) is 4.03. The molecule has 8 nitrogen and oxygen atoms in total. The van der Waals surface area contributed by atoms with Gasteiger partial charge in [-0.2, -0.15) is 0 Å². The van der Waals surface area contributed by atoms with Gasteiger partial charge in [0.15, 0.2) is 11.5 Å². The van der Waals surface area contributed by atoms with Crippen molar-refractivity contribution < 1.29 is 13.6 Å². The molecule has 152 valence electrons. The summed E-state index contributed by atoms with van der Waals surface area (Å²) in [5.74, 6) is -2.33. The van der Waals surface area contributed by atoms with Crippen molar-refractivity contribution in [3.8, 4) is 11.3 Å². The van der Waals surface area contributed by atoms with Crippen LogP contribution < -0.4 is 10.6 Å². The largest absolute Gasteiger partial charge is 0.341 e. The number of halogens is 2. The Kier molecular flexibility index (Phi) is 5.05. The van der Waals surface area contributed by atoms with Gasteiger partial charge in [-0.15, -0.1) is 0 Å². The van der Waals surface area contributed by atoms with Gasteiger partial charge in [0, 0.05) is 17.7 Å². The summed E-state index contributed by atoms with van der Waals surface area (Å²) in [6.45, 7) is 3.35. The number of aromatic nitrogens is 5. The number of pyridine rings is 1. The van der Waals surface area contributed by atoms with E-state index >= 15 is 0 Å². The molecule has 1 amide bonds. The summed E-state index contributed by atoms with van der Waals surface area (Å²) in [6, 6.07) is 5.63. The molecule has 0 unspecified atom stereocenters. The summed E-state index contributed by atoms with van der Waals surface area (Å²) in [6.07, 6.45) is 4.31. The van der Waals surface area contributed by atoms with E-state index < -0.39 is 17.3 Å². The SMILES string of the molecule is CC(C)C(=O)Nc1ccc(F)c(Nc2ncccc2-c2ncnc3nc[nH]c23)c1F. The summed E-state index contributed by atoms with van der Waals surface area (Å²) in [5, 5.41) is 5.16. The second-order valence-corrected chi connectivity index (χ2v) is 6.78. The van der Waals surface area contributed by atoms with Crippen LogP contribution in [0.4, 0.5) is 26.0 Å². The topological polar surface area (TPSA) is 108 Å². The number of imidazole rings is 1. The molecule has 0 saturated carbocycles. The van der Waals surface area contributed by atoms with Crippen molar-refractivity contribution in [2.75, 3.05) is 10.6 Å². The zero-order valence-electron chi connectivity index (χ0n) is 16.1. The molecule has 4 aromatic rings. The first-order valence-electron chi connectivity index (χ1n) is 9.11. The molecule has 3 N–H and O–H groups in total. The van der Waals surface area contributed by atoms with Crippen molar-refractivity contribution in [2.45, 2.75) is 13.8 Å². The number of hydrogen-bond donors (Lipinski definition) is 3. The van der Waals surface area contributed by atoms with Gasteiger partial charge in [-0.3, -0.25) is 4.79 Å². The highest BCUT2D eigenvalue weighted by molar-refractivity contribution is 5.94. The Morgan fingerprint density at radius 2 is 1.93 bits per heavy atom. The Morgan fingerprint density at radius 3 is 2.73 bits per heavy atom. The number of aromatic amines is 1. The Bertz CT molecular complexity index is 1240. The van der Waals surface area contributed by atoms with Gasteiger partial charge in [0.05, 0.1) is 12.0 Å². The van der Waals surface area contributed by atoms with Crippen LogP contribution in [0.5, 0.6) is 0 Å². The number of H-pyrrole nitrogens is 1. The lowest BCUT2D eigenvalue weighted by atomic mass is 10.1. The van der Waals surface area contributed by atoms with Gasteiger partial charge in [0.1, 0.15) is 34.9 Å². The maximum absolute atomic E-state index is 15.0. The molecule has 0 aliphatic heterocycles. The zero-order valence-corrected chi connectivity index (χ0v) is 16.1. The van der Waals surface area contributed by atoms with E-state index in [9.17, 15) is 13.6 Å². The van der Waals surface area contributed by atoms with E-state index in [0.29, 0.717) is 22.4 Å². The number of carbonyl (C=O) groups is 1. The van der Waals surface area contributed by atoms with Gasteiger partial charge in [0.25, 0.3) is 0 Å². The highest BCUT2D eigenvalue weighted by Gasteiger charge is 2.20. The predicted molar refractivity (Wildman–Crippen MR) is 108 cm³/mol. The van der Waals surface area contributed by atoms with E-state index in [1.165, 1.54) is 24.9 Å². The van der Waals surface area contributed by atoms with E-state index in [-0.39, 0.29) is 23.3 Å². The average molecular weight is 409 g/mol. The van der Waals surface area contributed by atoms with Gasteiger partial charge in [0.2, 0.25) is 5.91 Å². The number of carbonyl (C=O) groups excluding carboxylic acids is 1. The number of nitrogens with one attached hydrogen (secondary N) is 3. The first kappa shape index (κ1) is 19.4. The number of rotatable bonds is 5. The van der Waals surface area contributed by atoms with E-state index in [0.717, 1.165) is 6.07 Å². The van der Waals surface area contributed by atoms with Crippen LogP contribution in [0.2, 0.25) is 0 Å². The molecule has 10 heteroatoms. The normalized spacial score (nSPS) is 11.1. The molecule has 0 spiro atoms. The first-order valence-corrected chi connectivity index (χ1v) is 9.11. The summed E-state index contributed by atoms with van der Waals surface area (Å²) in [5.41, 5.74) is 1.40. The molecule has 0 radical (unpaired) electrons. The minimum absolute atomic E-state index is 0.131. The van der Waals surface area contributed by atoms with Crippen molar-refractivity contribution in [1.29, 1.82) is 0 Å². The third-order valence-electron chi connectivity index (χ3n) is 4.40. The molecule has 3 heterocycles. The summed E-state index contributed by atoms with van der Waals surface area (Å²) in [7, 11) is 0. The lowest BCUT2D eigenvalue weighted by Gasteiger charge is -2.15. The van der Waals surface area contributed by atoms with Crippen molar-refractivity contribution in [3.05, 3.63) is 54.8 Å². The molecule has 0 saturated heterocycles. The molecule has 0 aliphatic carbocycles. The van der Waals surface area contributed by atoms with Gasteiger partial charge in [-0.05, 0) is 24.3 Å². The number of nitrogens with zero attached hydrogens (tertiary/aromatic N) is 4. The monoisotopic (exact) mass is 409 g/mol. The van der Waals surface area contributed by atoms with E-state index in [2.05, 4.69) is 35.6 Å². The molecule has 3 aromatic heterocycles. The van der Waals surface area contributed by atoms with Gasteiger partial charge < -0.3 is 15.6 Å². The standard InChI is InChI=1S/C20H17F2N7O/c1-10(2)20(30)28-13-6-5-12(21)16(14(13)22)29-18-11(4-3-7-23-18)15-17-19(26-8-24-15)27-9-25-17/h3-10H,1-2H3,(H,23,29)(H,28,30)(H,24,25,26,27). The van der Waals surface area contributed by atoms with Crippen LogP contribution in [0.3, 0.4) is 0 Å². The van der Waals surface area contributed by atoms with Crippen LogP contribution in [0.25, 0.3) is 22.4 Å². The number of anilines is 3. The summed E-state index contributed by atoms with van der Waals surface area (Å²) < 4.78 is 29.5. The van der Waals surface area contributed by atoms with Crippen LogP contribution in [0.15, 0.2) is 43.1 Å². The number of amides is 1. The van der Waals surface area contributed by atoms with Crippen LogP contribution in [0.1, 0.15) is 13.8 Å². The van der Waals surface area contributed by atoms with Gasteiger partial charge >= 0.3 is 0 Å². The van der Waals surface area contributed by atoms with E-state index in [1.54, 1.807) is 26.0 Å². The third kappa shape index (κ3) is 3.54. The molecular weight excluding hydrogens is 392 g/mol. The minimum Gasteiger partial charge on any atom is -0.341 e. The molecule has 0 fully saturated rings. The molecule has 30 heavy (non-hydrogen) atoms. The first-order chi connectivity index (χ1) is 14.5. The average Bonchev–Trinajstić information content (AvgIpc) is 3.22. The lowest BCUT2D eigenvalue weighted by Crippen LogP contribution is -2.19. The van der Waals surface area contributed by atoms with Crippen LogP contribution in [-0.2, 0) is 4.79 Å². The fourth-order valence-corrected chi connectivity index (χ4v) is 2.82. The molecule has 1 aromatic carbocycles. The number of benzene rings is 1. The molecule has 0 aliphatic rings. The van der Waals surface area contributed by atoms with Gasteiger partial charge in [-0.1, -0.05) is 13.8 Å². The highest BCUT2D eigenvalue weighted by atomic mass is 19.1. The van der Waals surface area contributed by atoms with Crippen LogP contribution in [0, 0.1) is 17.6 Å². The van der Waals surface area contributed by atoms with Gasteiger partial charge in [-0.25, -0.2) is 28.7 Å². The molecule has 0 bridgehead atoms. The maximum atomic E-state index is 15.0. The fraction of sp³-hybridized carbons (Fsp3) is 0.150. The van der Waals surface area contributed by atoms with E-state index in [1.807, 2.05) is 0 Å². The highest BCUT2D eigenvalue weighted by Crippen LogP contribution is 2.33. The minimum atomic E-state index is -0.935. The van der Waals surface area contributed by atoms with Crippen molar-refractivity contribution in [2.24, 2.45) is 5.92 Å². The molecule has 0 atom stereocenters. The second-order valence-electron chi connectivity index (χ2n) is 6.78. The van der Waals surface area contributed by atoms with Crippen molar-refractivity contribution in [3.63, 3.8) is 0 Å². The molecule has 4 rings (SSSR count). The van der Waals surface area contributed by atoms with Crippen LogP contribution >= 0.6 is 0 Å². The van der Waals surface area contributed by atoms with Crippen molar-refractivity contribution in [1.82, 2.24) is 24.9 Å². The second kappa shape index (κ2) is 7.82. The maximum Gasteiger partial charge on any atom is 0.227 e. The smallest absolute Gasteiger partial charge is 0.227 e. The lowest BCUT2D eigenvalue weighted by molar-refractivity contribution is -0.118. The quantitative estimate of drug-likeness (QED) is 0.459. The summed E-state index contributed by atoms with van der Waals surface area (Å²) in [4.78, 5) is 31.5. The third-order valence-corrected chi connectivity index (χ3v) is 4.40. The fourth-order valence-electron chi connectivity index (χ4n) is 2.82. The zero-order chi connectivity index (χ0) is 21.3. The van der Waals surface area contributed by atoms with Crippen molar-refractivity contribution >= 4 is 34.3 Å². The number of hydrogen-bond acceptors (Lipinski definition) is 6. The Balaban J connectivity index is 1.76. The Hall–Kier alpha value is -3.95. The van der Waals surface area contributed by atoms with E-state index in [4.69, 9.17) is 0 Å². The summed E-state index contributed by atoms with van der Waals surface area (Å²) >= 11 is 0. The molecular formula is C20H17F2N7O. The van der Waals surface area contributed by atoms with Crippen LogP contribution in [-0.4, -0.2) is 30.8 Å².